The predicted octanol–water partition coefficient (Wildman–Crippen LogP) is 1.83. The van der Waals surface area contributed by atoms with Crippen LogP contribution in [-0.2, 0) is 9.59 Å². The lowest BCUT2D eigenvalue weighted by Gasteiger charge is -1.87. The molecular formula is C12H20O5. The van der Waals surface area contributed by atoms with Crippen molar-refractivity contribution in [2.45, 2.75) is 32.6 Å². The van der Waals surface area contributed by atoms with Crippen molar-refractivity contribution in [3.63, 3.8) is 0 Å². The van der Waals surface area contributed by atoms with E-state index in [1.54, 1.807) is 0 Å². The van der Waals surface area contributed by atoms with Crippen LogP contribution in [0.1, 0.15) is 32.6 Å². The zero-order chi connectivity index (χ0) is 13.5. The van der Waals surface area contributed by atoms with Gasteiger partial charge in [-0.15, -0.1) is 0 Å². The first-order valence-electron chi connectivity index (χ1n) is 5.44. The monoisotopic (exact) mass is 244 g/mol. The van der Waals surface area contributed by atoms with Gasteiger partial charge in [0.25, 0.3) is 0 Å². The molecule has 0 saturated heterocycles. The summed E-state index contributed by atoms with van der Waals surface area (Å²) in [5.74, 6) is -2.51. The molecule has 0 aliphatic carbocycles. The normalized spacial score (nSPS) is 10.2. The first-order chi connectivity index (χ1) is 8.04. The smallest absolute Gasteiger partial charge is 0.328 e. The molecule has 0 rings (SSSR count). The Bertz CT molecular complexity index is 240. The fourth-order valence-corrected chi connectivity index (χ4v) is 0.775. The third-order valence-electron chi connectivity index (χ3n) is 1.56. The van der Waals surface area contributed by atoms with Gasteiger partial charge in [-0.3, -0.25) is 0 Å². The Morgan fingerprint density at radius 3 is 1.82 bits per heavy atom. The number of aliphatic hydroxyl groups excluding tert-OH is 1. The third-order valence-corrected chi connectivity index (χ3v) is 1.56. The Kier molecular flexibility index (Phi) is 15.0. The lowest BCUT2D eigenvalue weighted by Crippen LogP contribution is -1.91. The van der Waals surface area contributed by atoms with Crippen molar-refractivity contribution >= 4 is 11.9 Å². The minimum atomic E-state index is -1.26. The molecule has 5 nitrogen and oxygen atoms in total. The van der Waals surface area contributed by atoms with Crippen LogP contribution in [0.2, 0.25) is 0 Å². The average molecular weight is 244 g/mol. The highest BCUT2D eigenvalue weighted by atomic mass is 16.4. The van der Waals surface area contributed by atoms with Gasteiger partial charge in [-0.1, -0.05) is 31.9 Å². The van der Waals surface area contributed by atoms with E-state index in [-0.39, 0.29) is 6.61 Å². The van der Waals surface area contributed by atoms with Gasteiger partial charge in [0.1, 0.15) is 0 Å². The van der Waals surface area contributed by atoms with Crippen molar-refractivity contribution in [1.82, 2.24) is 0 Å². The molecule has 0 aromatic rings. The van der Waals surface area contributed by atoms with Gasteiger partial charge in [0, 0.05) is 18.8 Å². The van der Waals surface area contributed by atoms with E-state index >= 15 is 0 Å². The molecule has 0 amide bonds. The molecule has 0 heterocycles. The maximum atomic E-state index is 9.55. The zero-order valence-electron chi connectivity index (χ0n) is 10.0. The van der Waals surface area contributed by atoms with Crippen LogP contribution < -0.4 is 0 Å². The molecule has 0 bridgehead atoms. The summed E-state index contributed by atoms with van der Waals surface area (Å²) in [5.41, 5.74) is 0. The van der Waals surface area contributed by atoms with Crippen LogP contribution in [0.5, 0.6) is 0 Å². The van der Waals surface area contributed by atoms with E-state index in [2.05, 4.69) is 13.0 Å². The van der Waals surface area contributed by atoms with Crippen LogP contribution in [0.3, 0.4) is 0 Å². The van der Waals surface area contributed by atoms with Crippen molar-refractivity contribution in [1.29, 1.82) is 0 Å². The molecule has 0 radical (unpaired) electrons. The van der Waals surface area contributed by atoms with Gasteiger partial charge in [-0.25, -0.2) is 9.59 Å². The molecule has 0 atom stereocenters. The minimum Gasteiger partial charge on any atom is -0.478 e. The van der Waals surface area contributed by atoms with E-state index in [0.717, 1.165) is 12.8 Å². The standard InChI is InChI=1S/C8H16O.C4H4O4/c1-2-3-4-5-6-7-8-9;5-3(6)1-2-4(7)8/h5-6,9H,2-4,7-8H2,1H3;1-2H,(H,5,6)(H,7,8)/b;2-1-. The fraction of sp³-hybridized carbons (Fsp3) is 0.500. The third kappa shape index (κ3) is 25.0. The molecule has 0 aromatic carbocycles. The number of carboxylic acid groups (broad SMARTS) is 2. The zero-order valence-corrected chi connectivity index (χ0v) is 10.0. The highest BCUT2D eigenvalue weighted by Gasteiger charge is 1.88. The van der Waals surface area contributed by atoms with Gasteiger partial charge in [0.2, 0.25) is 0 Å². The Morgan fingerprint density at radius 2 is 1.47 bits per heavy atom. The number of aliphatic carboxylic acids is 2. The highest BCUT2D eigenvalue weighted by molar-refractivity contribution is 5.89. The first-order valence-corrected chi connectivity index (χ1v) is 5.44. The molecule has 0 aromatic heterocycles. The number of carboxylic acids is 2. The molecule has 0 fully saturated rings. The molecule has 0 aliphatic heterocycles. The van der Waals surface area contributed by atoms with Crippen LogP contribution in [0.15, 0.2) is 24.3 Å². The Morgan fingerprint density at radius 1 is 1.00 bits per heavy atom. The fourth-order valence-electron chi connectivity index (χ4n) is 0.775. The van der Waals surface area contributed by atoms with Crippen molar-refractivity contribution in [2.75, 3.05) is 6.61 Å². The number of aliphatic hydroxyl groups is 1. The van der Waals surface area contributed by atoms with Crippen molar-refractivity contribution in [2.24, 2.45) is 0 Å². The van der Waals surface area contributed by atoms with E-state index in [0.29, 0.717) is 12.2 Å². The molecule has 0 saturated carbocycles. The Labute approximate surface area is 101 Å². The molecule has 0 unspecified atom stereocenters. The number of carbonyl (C=O) groups is 2. The molecule has 0 aliphatic rings. The van der Waals surface area contributed by atoms with Crippen LogP contribution in [0.25, 0.3) is 0 Å². The second kappa shape index (κ2) is 14.4. The van der Waals surface area contributed by atoms with Gasteiger partial charge < -0.3 is 15.3 Å². The van der Waals surface area contributed by atoms with Gasteiger partial charge in [0.05, 0.1) is 0 Å². The van der Waals surface area contributed by atoms with E-state index in [1.165, 1.54) is 12.8 Å². The van der Waals surface area contributed by atoms with Crippen LogP contribution in [-0.4, -0.2) is 33.9 Å². The molecular weight excluding hydrogens is 224 g/mol. The van der Waals surface area contributed by atoms with E-state index in [1.807, 2.05) is 6.08 Å². The van der Waals surface area contributed by atoms with E-state index < -0.39 is 11.9 Å². The summed E-state index contributed by atoms with van der Waals surface area (Å²) in [4.78, 5) is 19.1. The Balaban J connectivity index is 0. The second-order valence-corrected chi connectivity index (χ2v) is 3.14. The number of rotatable bonds is 7. The molecule has 5 heteroatoms. The minimum absolute atomic E-state index is 0.280. The molecule has 0 spiro atoms. The average Bonchev–Trinajstić information content (AvgIpc) is 2.27. The number of hydrogen-bond donors (Lipinski definition) is 3. The van der Waals surface area contributed by atoms with Crippen LogP contribution in [0.4, 0.5) is 0 Å². The van der Waals surface area contributed by atoms with E-state index in [9.17, 15) is 9.59 Å². The predicted molar refractivity (Wildman–Crippen MR) is 64.8 cm³/mol. The van der Waals surface area contributed by atoms with Crippen molar-refractivity contribution < 1.29 is 24.9 Å². The number of allylic oxidation sites excluding steroid dienone is 1. The van der Waals surface area contributed by atoms with Crippen LogP contribution >= 0.6 is 0 Å². The summed E-state index contributed by atoms with van der Waals surface area (Å²) in [5, 5.41) is 24.0. The number of unbranched alkanes of at least 4 members (excludes halogenated alkanes) is 2. The van der Waals surface area contributed by atoms with Gasteiger partial charge in [-0.2, -0.15) is 0 Å². The lowest BCUT2D eigenvalue weighted by atomic mass is 10.2. The molecule has 17 heavy (non-hydrogen) atoms. The molecule has 3 N–H and O–H groups in total. The van der Waals surface area contributed by atoms with Crippen molar-refractivity contribution in [3.05, 3.63) is 24.3 Å². The van der Waals surface area contributed by atoms with Crippen LogP contribution in [0, 0.1) is 0 Å². The first kappa shape index (κ1) is 17.8. The summed E-state index contributed by atoms with van der Waals surface area (Å²) in [7, 11) is 0. The maximum Gasteiger partial charge on any atom is 0.328 e. The SMILES string of the molecule is CCCCC=CCCO.O=C(O)/C=C\C(=O)O. The molecule has 98 valence electrons. The largest absolute Gasteiger partial charge is 0.478 e. The van der Waals surface area contributed by atoms with Crippen molar-refractivity contribution in [3.8, 4) is 0 Å². The summed E-state index contributed by atoms with van der Waals surface area (Å²) in [6.45, 7) is 2.46. The summed E-state index contributed by atoms with van der Waals surface area (Å²) < 4.78 is 0. The summed E-state index contributed by atoms with van der Waals surface area (Å²) >= 11 is 0. The van der Waals surface area contributed by atoms with Gasteiger partial charge >= 0.3 is 11.9 Å². The summed E-state index contributed by atoms with van der Waals surface area (Å²) in [6.07, 6.45) is 9.78. The summed E-state index contributed by atoms with van der Waals surface area (Å²) in [6, 6.07) is 0. The van der Waals surface area contributed by atoms with Gasteiger partial charge in [-0.05, 0) is 12.8 Å². The maximum absolute atomic E-state index is 9.55. The second-order valence-electron chi connectivity index (χ2n) is 3.14. The lowest BCUT2D eigenvalue weighted by molar-refractivity contribution is -0.134. The Hall–Kier alpha value is -1.62. The number of hydrogen-bond acceptors (Lipinski definition) is 3. The highest BCUT2D eigenvalue weighted by Crippen LogP contribution is 1.95. The quantitative estimate of drug-likeness (QED) is 0.361. The topological polar surface area (TPSA) is 94.8 Å². The van der Waals surface area contributed by atoms with Gasteiger partial charge in [0.15, 0.2) is 0 Å². The van der Waals surface area contributed by atoms with E-state index in [4.69, 9.17) is 15.3 Å².